The molecular weight excluding hydrogens is 711 g/mol. The molecular formula is C54H33NO3. The first-order valence-corrected chi connectivity index (χ1v) is 19.6. The highest BCUT2D eigenvalue weighted by molar-refractivity contribution is 6.21. The molecule has 0 N–H and O–H groups in total. The van der Waals surface area contributed by atoms with Crippen molar-refractivity contribution in [2.45, 2.75) is 0 Å². The molecule has 0 aliphatic heterocycles. The largest absolute Gasteiger partial charge is 0.456 e. The van der Waals surface area contributed by atoms with Crippen molar-refractivity contribution in [2.75, 3.05) is 4.90 Å². The van der Waals surface area contributed by atoms with Gasteiger partial charge in [-0.3, -0.25) is 0 Å². The third kappa shape index (κ3) is 4.95. The number of hydrogen-bond acceptors (Lipinski definition) is 4. The van der Waals surface area contributed by atoms with Crippen molar-refractivity contribution in [3.8, 4) is 33.4 Å². The van der Waals surface area contributed by atoms with Crippen molar-refractivity contribution in [1.29, 1.82) is 0 Å². The maximum absolute atomic E-state index is 6.89. The third-order valence-corrected chi connectivity index (χ3v) is 11.5. The number of fused-ring (bicyclic) bond motifs is 9. The van der Waals surface area contributed by atoms with Crippen LogP contribution >= 0.6 is 0 Å². The second kappa shape index (κ2) is 12.9. The highest BCUT2D eigenvalue weighted by Gasteiger charge is 2.26. The zero-order chi connectivity index (χ0) is 38.2. The molecule has 0 aliphatic carbocycles. The fourth-order valence-corrected chi connectivity index (χ4v) is 8.90. The molecule has 0 saturated carbocycles. The summed E-state index contributed by atoms with van der Waals surface area (Å²) < 4.78 is 20.2. The first-order valence-electron chi connectivity index (χ1n) is 19.6. The maximum atomic E-state index is 6.89. The predicted octanol–water partition coefficient (Wildman–Crippen LogP) is 15.9. The van der Waals surface area contributed by atoms with Crippen LogP contribution in [0.15, 0.2) is 213 Å². The molecule has 0 fully saturated rings. The average Bonchev–Trinajstić information content (AvgIpc) is 3.99. The zero-order valence-corrected chi connectivity index (χ0v) is 31.2. The van der Waals surface area contributed by atoms with Gasteiger partial charge in [0.15, 0.2) is 0 Å². The Morgan fingerprint density at radius 3 is 1.45 bits per heavy atom. The fraction of sp³-hybridized carbons (Fsp3) is 0. The number of rotatable bonds is 6. The van der Waals surface area contributed by atoms with Gasteiger partial charge in [0.25, 0.3) is 0 Å². The van der Waals surface area contributed by atoms with Crippen LogP contribution in [0.1, 0.15) is 0 Å². The van der Waals surface area contributed by atoms with Crippen LogP contribution in [0.4, 0.5) is 17.1 Å². The molecule has 12 rings (SSSR count). The number of nitrogens with zero attached hydrogens (tertiary/aromatic N) is 1. The summed E-state index contributed by atoms with van der Waals surface area (Å²) in [5.74, 6) is 0. The van der Waals surface area contributed by atoms with E-state index in [1.54, 1.807) is 0 Å². The van der Waals surface area contributed by atoms with Crippen molar-refractivity contribution in [2.24, 2.45) is 0 Å². The standard InChI is InChI=1S/C54H33NO3/c1-4-15-34(16-5-1)38-28-29-39(35-17-6-2-7-18-35)53-50(38)43-33-37(27-32-48(43)58-53)55(44-23-14-26-49-51(44)41-21-10-12-24-46(41)56-49)45-31-30-40(36-19-8-3-9-20-36)54-52(45)42-22-11-13-25-47(42)57-54/h1-33H. The first-order chi connectivity index (χ1) is 28.8. The summed E-state index contributed by atoms with van der Waals surface area (Å²) in [6, 6.07) is 70.0. The van der Waals surface area contributed by atoms with Crippen molar-refractivity contribution >= 4 is 82.9 Å². The second-order valence-electron chi connectivity index (χ2n) is 14.8. The quantitative estimate of drug-likeness (QED) is 0.170. The Morgan fingerprint density at radius 2 is 0.776 bits per heavy atom. The molecule has 4 heteroatoms. The van der Waals surface area contributed by atoms with Crippen LogP contribution in [-0.2, 0) is 0 Å². The van der Waals surface area contributed by atoms with Crippen LogP contribution in [0.3, 0.4) is 0 Å². The van der Waals surface area contributed by atoms with Gasteiger partial charge in [-0.25, -0.2) is 0 Å². The molecule has 0 amide bonds. The monoisotopic (exact) mass is 743 g/mol. The molecule has 3 heterocycles. The molecule has 58 heavy (non-hydrogen) atoms. The summed E-state index contributed by atoms with van der Waals surface area (Å²) in [7, 11) is 0. The molecule has 0 bridgehead atoms. The molecule has 4 nitrogen and oxygen atoms in total. The number of furan rings is 3. The number of para-hydroxylation sites is 2. The predicted molar refractivity (Wildman–Crippen MR) is 239 cm³/mol. The van der Waals surface area contributed by atoms with Gasteiger partial charge in [-0.1, -0.05) is 140 Å². The Morgan fingerprint density at radius 1 is 0.293 bits per heavy atom. The lowest BCUT2D eigenvalue weighted by atomic mass is 9.94. The van der Waals surface area contributed by atoms with Gasteiger partial charge in [-0.05, 0) is 82.9 Å². The number of anilines is 3. The Kier molecular flexibility index (Phi) is 7.20. The highest BCUT2D eigenvalue weighted by atomic mass is 16.3. The molecule has 9 aromatic carbocycles. The summed E-state index contributed by atoms with van der Waals surface area (Å²) in [6.07, 6.45) is 0. The van der Waals surface area contributed by atoms with E-state index in [0.717, 1.165) is 116 Å². The van der Waals surface area contributed by atoms with E-state index in [9.17, 15) is 0 Å². The van der Waals surface area contributed by atoms with Gasteiger partial charge in [0.1, 0.15) is 33.5 Å². The van der Waals surface area contributed by atoms with E-state index in [0.29, 0.717) is 0 Å². The van der Waals surface area contributed by atoms with E-state index < -0.39 is 0 Å². The Bertz CT molecular complexity index is 3500. The zero-order valence-electron chi connectivity index (χ0n) is 31.2. The van der Waals surface area contributed by atoms with E-state index >= 15 is 0 Å². The van der Waals surface area contributed by atoms with Crippen LogP contribution in [0.25, 0.3) is 99.2 Å². The summed E-state index contributed by atoms with van der Waals surface area (Å²) in [6.45, 7) is 0. The lowest BCUT2D eigenvalue weighted by molar-refractivity contribution is 0.669. The van der Waals surface area contributed by atoms with Crippen molar-refractivity contribution in [3.05, 3.63) is 200 Å². The van der Waals surface area contributed by atoms with E-state index in [-0.39, 0.29) is 0 Å². The van der Waals surface area contributed by atoms with E-state index in [1.165, 1.54) is 0 Å². The minimum Gasteiger partial charge on any atom is -0.456 e. The summed E-state index contributed by atoms with van der Waals surface area (Å²) in [5.41, 5.74) is 14.6. The molecule has 0 radical (unpaired) electrons. The minimum absolute atomic E-state index is 0.824. The second-order valence-corrected chi connectivity index (χ2v) is 14.8. The fourth-order valence-electron chi connectivity index (χ4n) is 8.90. The minimum atomic E-state index is 0.824. The van der Waals surface area contributed by atoms with Crippen LogP contribution in [-0.4, -0.2) is 0 Å². The van der Waals surface area contributed by atoms with Crippen LogP contribution < -0.4 is 4.90 Å². The number of hydrogen-bond donors (Lipinski definition) is 0. The molecule has 0 atom stereocenters. The molecule has 272 valence electrons. The molecule has 0 saturated heterocycles. The lowest BCUT2D eigenvalue weighted by Gasteiger charge is -2.27. The summed E-state index contributed by atoms with van der Waals surface area (Å²) in [4.78, 5) is 2.38. The molecule has 12 aromatic rings. The topological polar surface area (TPSA) is 42.7 Å². The van der Waals surface area contributed by atoms with Gasteiger partial charge in [0.05, 0.1) is 22.1 Å². The number of benzene rings is 9. The Labute approximate surface area is 333 Å². The molecule has 3 aromatic heterocycles. The van der Waals surface area contributed by atoms with Gasteiger partial charge >= 0.3 is 0 Å². The van der Waals surface area contributed by atoms with Crippen molar-refractivity contribution in [3.63, 3.8) is 0 Å². The SMILES string of the molecule is c1ccc(-c2ccc(-c3ccccc3)c3c2oc2ccc(N(c4cccc5oc6ccccc6c45)c4ccc(-c5ccccc5)c5oc6ccccc6c45)cc23)cc1. The Hall–Kier alpha value is -7.82. The highest BCUT2D eigenvalue weighted by Crippen LogP contribution is 2.50. The van der Waals surface area contributed by atoms with E-state index in [4.69, 9.17) is 13.3 Å². The normalized spacial score (nSPS) is 11.8. The van der Waals surface area contributed by atoms with Gasteiger partial charge in [-0.15, -0.1) is 0 Å². The summed E-state index contributed by atoms with van der Waals surface area (Å²) in [5, 5.41) is 6.30. The van der Waals surface area contributed by atoms with Crippen LogP contribution in [0.5, 0.6) is 0 Å². The van der Waals surface area contributed by atoms with Gasteiger partial charge in [0.2, 0.25) is 0 Å². The van der Waals surface area contributed by atoms with Crippen LogP contribution in [0, 0.1) is 0 Å². The van der Waals surface area contributed by atoms with E-state index in [2.05, 4.69) is 181 Å². The maximum Gasteiger partial charge on any atom is 0.145 e. The molecule has 0 unspecified atom stereocenters. The van der Waals surface area contributed by atoms with Gasteiger partial charge < -0.3 is 18.2 Å². The van der Waals surface area contributed by atoms with Gasteiger partial charge in [-0.2, -0.15) is 0 Å². The molecule has 0 aliphatic rings. The van der Waals surface area contributed by atoms with E-state index in [1.807, 2.05) is 24.3 Å². The first kappa shape index (κ1) is 32.4. The van der Waals surface area contributed by atoms with Crippen molar-refractivity contribution < 1.29 is 13.3 Å². The smallest absolute Gasteiger partial charge is 0.145 e. The third-order valence-electron chi connectivity index (χ3n) is 11.5. The Balaban J connectivity index is 1.20. The van der Waals surface area contributed by atoms with Crippen molar-refractivity contribution in [1.82, 2.24) is 0 Å². The molecule has 0 spiro atoms. The van der Waals surface area contributed by atoms with Gasteiger partial charge in [0, 0.05) is 38.4 Å². The summed E-state index contributed by atoms with van der Waals surface area (Å²) >= 11 is 0. The van der Waals surface area contributed by atoms with Crippen LogP contribution in [0.2, 0.25) is 0 Å². The lowest BCUT2D eigenvalue weighted by Crippen LogP contribution is -2.11. The average molecular weight is 744 g/mol.